The third kappa shape index (κ3) is 4.94. The summed E-state index contributed by atoms with van der Waals surface area (Å²) < 4.78 is 25.0. The van der Waals surface area contributed by atoms with Crippen molar-refractivity contribution in [1.29, 1.82) is 0 Å². The van der Waals surface area contributed by atoms with E-state index in [-0.39, 0.29) is 5.43 Å². The van der Waals surface area contributed by atoms with Gasteiger partial charge in [-0.3, -0.25) is 4.79 Å². The lowest BCUT2D eigenvalue weighted by Gasteiger charge is -2.14. The maximum atomic E-state index is 13.7. The quantitative estimate of drug-likeness (QED) is 0.261. The summed E-state index contributed by atoms with van der Waals surface area (Å²) in [5, 5.41) is 0.553. The highest BCUT2D eigenvalue weighted by Gasteiger charge is 2.19. The number of aryl methyl sites for hydroxylation is 2. The molecule has 180 valence electrons. The molecule has 5 nitrogen and oxygen atoms in total. The van der Waals surface area contributed by atoms with Crippen molar-refractivity contribution >= 4 is 26.9 Å². The van der Waals surface area contributed by atoms with Crippen LogP contribution < -0.4 is 19.6 Å². The molecular weight excluding hydrogens is 508 g/mol. The van der Waals surface area contributed by atoms with Gasteiger partial charge in [0.15, 0.2) is 11.5 Å². The van der Waals surface area contributed by atoms with E-state index in [4.69, 9.17) is 18.6 Å². The zero-order valence-electron chi connectivity index (χ0n) is 19.9. The van der Waals surface area contributed by atoms with Crippen molar-refractivity contribution in [2.75, 3.05) is 13.2 Å². The minimum atomic E-state index is -0.0601. The monoisotopic (exact) mass is 534 g/mol. The predicted octanol–water partition coefficient (Wildman–Crippen LogP) is 7.22. The van der Waals surface area contributed by atoms with Crippen LogP contribution in [0, 0.1) is 6.92 Å². The summed E-state index contributed by atoms with van der Waals surface area (Å²) in [6.45, 7) is 5.58. The SMILES string of the molecule is CCCc1cc2c(=O)c(-c3ccc4c(c3)OCCCO4)c(C)oc2cc1OCc1ccc(Br)cc1. The summed E-state index contributed by atoms with van der Waals surface area (Å²) in [4.78, 5) is 13.7. The van der Waals surface area contributed by atoms with Crippen molar-refractivity contribution in [3.8, 4) is 28.4 Å². The standard InChI is InChI=1S/C29H27BrO5/c1-3-5-20-14-23-26(16-25(20)34-17-19-6-9-22(30)10-7-19)35-18(2)28(29(23)31)21-8-11-24-27(15-21)33-13-4-12-32-24/h6-11,14-16H,3-5,12-13,17H2,1-2H3. The van der Waals surface area contributed by atoms with Gasteiger partial charge in [0.05, 0.1) is 24.2 Å². The Bertz CT molecular complexity index is 1420. The van der Waals surface area contributed by atoms with E-state index in [0.717, 1.165) is 46.2 Å². The average molecular weight is 535 g/mol. The summed E-state index contributed by atoms with van der Waals surface area (Å²) in [7, 11) is 0. The van der Waals surface area contributed by atoms with Crippen LogP contribution in [0.5, 0.6) is 17.2 Å². The third-order valence-electron chi connectivity index (χ3n) is 6.11. The molecule has 0 bridgehead atoms. The predicted molar refractivity (Wildman–Crippen MR) is 141 cm³/mol. The van der Waals surface area contributed by atoms with Gasteiger partial charge >= 0.3 is 0 Å². The second-order valence-electron chi connectivity index (χ2n) is 8.70. The van der Waals surface area contributed by atoms with Crippen LogP contribution in [0.2, 0.25) is 0 Å². The molecule has 1 aliphatic rings. The molecule has 0 aliphatic carbocycles. The first-order chi connectivity index (χ1) is 17.0. The second kappa shape index (κ2) is 10.2. The van der Waals surface area contributed by atoms with Crippen LogP contribution in [0.25, 0.3) is 22.1 Å². The molecule has 0 saturated carbocycles. The smallest absolute Gasteiger partial charge is 0.200 e. The third-order valence-corrected chi connectivity index (χ3v) is 6.64. The van der Waals surface area contributed by atoms with Crippen LogP contribution in [0.3, 0.4) is 0 Å². The van der Waals surface area contributed by atoms with E-state index in [1.807, 2.05) is 61.5 Å². The minimum absolute atomic E-state index is 0.0601. The molecule has 0 saturated heterocycles. The van der Waals surface area contributed by atoms with Crippen molar-refractivity contribution in [2.24, 2.45) is 0 Å². The van der Waals surface area contributed by atoms with E-state index in [1.54, 1.807) is 0 Å². The highest BCUT2D eigenvalue weighted by atomic mass is 79.9. The minimum Gasteiger partial charge on any atom is -0.490 e. The maximum Gasteiger partial charge on any atom is 0.200 e. The largest absolute Gasteiger partial charge is 0.490 e. The Kier molecular flexibility index (Phi) is 6.82. The summed E-state index contributed by atoms with van der Waals surface area (Å²) >= 11 is 3.46. The Morgan fingerprint density at radius 2 is 1.74 bits per heavy atom. The van der Waals surface area contributed by atoms with Crippen molar-refractivity contribution in [3.05, 3.63) is 86.2 Å². The lowest BCUT2D eigenvalue weighted by Crippen LogP contribution is -2.09. The van der Waals surface area contributed by atoms with E-state index < -0.39 is 0 Å². The molecule has 3 aromatic carbocycles. The molecule has 0 amide bonds. The number of ether oxygens (including phenoxy) is 3. The molecule has 6 heteroatoms. The first-order valence-corrected chi connectivity index (χ1v) is 12.7. The fourth-order valence-corrected chi connectivity index (χ4v) is 4.64. The van der Waals surface area contributed by atoms with Gasteiger partial charge in [-0.25, -0.2) is 0 Å². The normalized spacial score (nSPS) is 13.0. The van der Waals surface area contributed by atoms with Crippen LogP contribution >= 0.6 is 15.9 Å². The van der Waals surface area contributed by atoms with Gasteiger partial charge in [0.1, 0.15) is 23.7 Å². The van der Waals surface area contributed by atoms with Crippen molar-refractivity contribution in [2.45, 2.75) is 39.7 Å². The summed E-state index contributed by atoms with van der Waals surface area (Å²) in [6.07, 6.45) is 2.57. The molecule has 35 heavy (non-hydrogen) atoms. The van der Waals surface area contributed by atoms with E-state index >= 15 is 0 Å². The van der Waals surface area contributed by atoms with Crippen molar-refractivity contribution in [1.82, 2.24) is 0 Å². The van der Waals surface area contributed by atoms with Gasteiger partial charge in [0, 0.05) is 17.0 Å². The first-order valence-electron chi connectivity index (χ1n) is 11.9. The van der Waals surface area contributed by atoms with Gasteiger partial charge in [-0.05, 0) is 60.4 Å². The number of halogens is 1. The van der Waals surface area contributed by atoms with E-state index in [2.05, 4.69) is 22.9 Å². The summed E-state index contributed by atoms with van der Waals surface area (Å²) in [5.74, 6) is 2.65. The average Bonchev–Trinajstić information content (AvgIpc) is 3.09. The van der Waals surface area contributed by atoms with Crippen LogP contribution in [0.15, 0.2) is 68.3 Å². The maximum absolute atomic E-state index is 13.7. The Balaban J connectivity index is 1.55. The first kappa shape index (κ1) is 23.5. The lowest BCUT2D eigenvalue weighted by molar-refractivity contribution is 0.297. The van der Waals surface area contributed by atoms with Crippen molar-refractivity contribution < 1.29 is 18.6 Å². The molecule has 0 fully saturated rings. The molecule has 0 spiro atoms. The number of fused-ring (bicyclic) bond motifs is 2. The van der Waals surface area contributed by atoms with Crippen molar-refractivity contribution in [3.63, 3.8) is 0 Å². The van der Waals surface area contributed by atoms with Gasteiger partial charge in [-0.15, -0.1) is 0 Å². The second-order valence-corrected chi connectivity index (χ2v) is 9.61. The molecule has 0 atom stereocenters. The molecule has 1 aliphatic heterocycles. The highest BCUT2D eigenvalue weighted by Crippen LogP contribution is 2.36. The van der Waals surface area contributed by atoms with E-state index in [1.165, 1.54) is 0 Å². The Morgan fingerprint density at radius 3 is 2.51 bits per heavy atom. The van der Waals surface area contributed by atoms with Gasteiger partial charge < -0.3 is 18.6 Å². The van der Waals surface area contributed by atoms with Gasteiger partial charge in [-0.2, -0.15) is 0 Å². The van der Waals surface area contributed by atoms with Gasteiger partial charge in [0.25, 0.3) is 0 Å². The zero-order valence-corrected chi connectivity index (χ0v) is 21.4. The molecule has 5 rings (SSSR count). The Labute approximate surface area is 212 Å². The number of hydrogen-bond acceptors (Lipinski definition) is 5. The fraction of sp³-hybridized carbons (Fsp3) is 0.276. The topological polar surface area (TPSA) is 57.9 Å². The molecule has 4 aromatic rings. The van der Waals surface area contributed by atoms with Gasteiger partial charge in [0.2, 0.25) is 5.43 Å². The number of benzene rings is 3. The molecule has 0 radical (unpaired) electrons. The molecule has 0 unspecified atom stereocenters. The van der Waals surface area contributed by atoms with Crippen LogP contribution in [0.1, 0.15) is 36.7 Å². The number of hydrogen-bond donors (Lipinski definition) is 0. The number of rotatable bonds is 6. The van der Waals surface area contributed by atoms with Crippen LogP contribution in [-0.4, -0.2) is 13.2 Å². The zero-order chi connectivity index (χ0) is 24.4. The summed E-state index contributed by atoms with van der Waals surface area (Å²) in [5.41, 5.74) is 3.83. The Hall–Kier alpha value is -3.25. The van der Waals surface area contributed by atoms with Gasteiger partial charge in [-0.1, -0.05) is 47.5 Å². The Morgan fingerprint density at radius 1 is 0.971 bits per heavy atom. The molecule has 0 N–H and O–H groups in total. The molecule has 2 heterocycles. The van der Waals surface area contributed by atoms with Crippen LogP contribution in [0.4, 0.5) is 0 Å². The van der Waals surface area contributed by atoms with Crippen LogP contribution in [-0.2, 0) is 13.0 Å². The van der Waals surface area contributed by atoms with E-state index in [9.17, 15) is 4.79 Å². The van der Waals surface area contributed by atoms with E-state index in [0.29, 0.717) is 53.6 Å². The molecule has 1 aromatic heterocycles. The lowest BCUT2D eigenvalue weighted by atomic mass is 10.00. The molecular formula is C29H27BrO5. The summed E-state index contributed by atoms with van der Waals surface area (Å²) in [6, 6.07) is 17.4. The highest BCUT2D eigenvalue weighted by molar-refractivity contribution is 9.10. The fourth-order valence-electron chi connectivity index (χ4n) is 4.37.